The lowest BCUT2D eigenvalue weighted by atomic mass is 9.86. The van der Waals surface area contributed by atoms with Crippen molar-refractivity contribution in [3.8, 4) is 0 Å². The minimum atomic E-state index is -0.705. The maximum atomic E-state index is 12.1. The standard InChI is InChI=1S/C19H23N3O5S/c1-11-4-2-3-5-13(11)21-19(26)22-16(23)9-27-18(25)12-6-7-15-14(8-12)20-17(24)10-28-15/h6-8,11,13H,2-5,9-10H2,1H3,(H,20,24)(H2,21,22,23,26)/t11-,13+/m0/s1. The number of anilines is 1. The van der Waals surface area contributed by atoms with E-state index in [1.54, 1.807) is 12.1 Å². The number of hydrogen-bond donors (Lipinski definition) is 3. The second-order valence-corrected chi connectivity index (χ2v) is 8.03. The van der Waals surface area contributed by atoms with Crippen LogP contribution in [0.25, 0.3) is 0 Å². The van der Waals surface area contributed by atoms with Crippen molar-refractivity contribution in [3.63, 3.8) is 0 Å². The molecule has 0 aromatic heterocycles. The smallest absolute Gasteiger partial charge is 0.338 e. The Morgan fingerprint density at radius 2 is 2.04 bits per heavy atom. The van der Waals surface area contributed by atoms with E-state index in [0.717, 1.165) is 30.6 Å². The van der Waals surface area contributed by atoms with Gasteiger partial charge in [0, 0.05) is 10.9 Å². The summed E-state index contributed by atoms with van der Waals surface area (Å²) in [7, 11) is 0. The topological polar surface area (TPSA) is 114 Å². The molecule has 3 N–H and O–H groups in total. The zero-order valence-corrected chi connectivity index (χ0v) is 16.4. The Balaban J connectivity index is 1.46. The Kier molecular flexibility index (Phi) is 6.56. The monoisotopic (exact) mass is 405 g/mol. The van der Waals surface area contributed by atoms with Crippen molar-refractivity contribution in [2.75, 3.05) is 17.7 Å². The van der Waals surface area contributed by atoms with Crippen LogP contribution in [0.2, 0.25) is 0 Å². The first-order valence-corrected chi connectivity index (χ1v) is 10.2. The Hall–Kier alpha value is -2.55. The van der Waals surface area contributed by atoms with Crippen molar-refractivity contribution < 1.29 is 23.9 Å². The molecule has 0 radical (unpaired) electrons. The molecule has 0 unspecified atom stereocenters. The summed E-state index contributed by atoms with van der Waals surface area (Å²) in [5.41, 5.74) is 0.760. The SMILES string of the molecule is C[C@H]1CCCC[C@H]1NC(=O)NC(=O)COC(=O)c1ccc2c(c1)NC(=O)CS2. The zero-order chi connectivity index (χ0) is 20.1. The molecule has 150 valence electrons. The number of urea groups is 1. The molecule has 1 fully saturated rings. The van der Waals surface area contributed by atoms with Crippen LogP contribution in [0.1, 0.15) is 43.0 Å². The predicted octanol–water partition coefficient (Wildman–Crippen LogP) is 2.29. The van der Waals surface area contributed by atoms with E-state index in [9.17, 15) is 19.2 Å². The molecule has 9 heteroatoms. The summed E-state index contributed by atoms with van der Waals surface area (Å²) < 4.78 is 4.97. The summed E-state index contributed by atoms with van der Waals surface area (Å²) in [4.78, 5) is 48.3. The van der Waals surface area contributed by atoms with E-state index in [1.165, 1.54) is 17.8 Å². The molecule has 28 heavy (non-hydrogen) atoms. The first-order valence-electron chi connectivity index (χ1n) is 9.26. The lowest BCUT2D eigenvalue weighted by molar-refractivity contribution is -0.123. The minimum Gasteiger partial charge on any atom is -0.452 e. The van der Waals surface area contributed by atoms with Gasteiger partial charge in [-0.3, -0.25) is 14.9 Å². The van der Waals surface area contributed by atoms with Gasteiger partial charge in [-0.05, 0) is 37.0 Å². The second-order valence-electron chi connectivity index (χ2n) is 7.01. The number of benzene rings is 1. The van der Waals surface area contributed by atoms with E-state index < -0.39 is 24.5 Å². The van der Waals surface area contributed by atoms with Gasteiger partial charge in [0.15, 0.2) is 6.61 Å². The lowest BCUT2D eigenvalue weighted by Crippen LogP contribution is -2.48. The molecule has 3 rings (SSSR count). The van der Waals surface area contributed by atoms with Gasteiger partial charge in [0.1, 0.15) is 0 Å². The number of imide groups is 1. The van der Waals surface area contributed by atoms with Gasteiger partial charge < -0.3 is 15.4 Å². The Morgan fingerprint density at radius 3 is 2.82 bits per heavy atom. The van der Waals surface area contributed by atoms with E-state index in [1.807, 2.05) is 0 Å². The third-order valence-corrected chi connectivity index (χ3v) is 5.94. The maximum Gasteiger partial charge on any atom is 0.338 e. The summed E-state index contributed by atoms with van der Waals surface area (Å²) in [5, 5.41) is 7.68. The highest BCUT2D eigenvalue weighted by molar-refractivity contribution is 8.00. The van der Waals surface area contributed by atoms with Gasteiger partial charge in [-0.25, -0.2) is 9.59 Å². The number of fused-ring (bicyclic) bond motifs is 1. The van der Waals surface area contributed by atoms with Crippen LogP contribution in [-0.2, 0) is 14.3 Å². The summed E-state index contributed by atoms with van der Waals surface area (Å²) in [5.74, 6) is -0.838. The first-order chi connectivity index (χ1) is 13.4. The highest BCUT2D eigenvalue weighted by Crippen LogP contribution is 2.32. The van der Waals surface area contributed by atoms with Crippen LogP contribution in [0, 0.1) is 5.92 Å². The Labute approximate surface area is 167 Å². The van der Waals surface area contributed by atoms with Crippen LogP contribution in [0.15, 0.2) is 23.1 Å². The molecule has 2 atom stereocenters. The normalized spacial score (nSPS) is 21.1. The van der Waals surface area contributed by atoms with Crippen LogP contribution in [-0.4, -0.2) is 42.2 Å². The summed E-state index contributed by atoms with van der Waals surface area (Å²) >= 11 is 1.38. The number of amides is 4. The molecule has 1 aliphatic carbocycles. The maximum absolute atomic E-state index is 12.1. The number of esters is 1. The predicted molar refractivity (Wildman–Crippen MR) is 104 cm³/mol. The zero-order valence-electron chi connectivity index (χ0n) is 15.6. The van der Waals surface area contributed by atoms with Gasteiger partial charge in [0.05, 0.1) is 17.0 Å². The minimum absolute atomic E-state index is 0.0488. The van der Waals surface area contributed by atoms with Crippen LogP contribution in [0.5, 0.6) is 0 Å². The van der Waals surface area contributed by atoms with E-state index in [2.05, 4.69) is 22.9 Å². The fourth-order valence-corrected chi connectivity index (χ4v) is 4.11. The molecule has 1 aromatic rings. The molecule has 1 saturated carbocycles. The third kappa shape index (κ3) is 5.25. The largest absolute Gasteiger partial charge is 0.452 e. The van der Waals surface area contributed by atoms with Crippen molar-refractivity contribution >= 4 is 41.3 Å². The van der Waals surface area contributed by atoms with E-state index in [-0.39, 0.29) is 17.5 Å². The van der Waals surface area contributed by atoms with Gasteiger partial charge in [0.2, 0.25) is 5.91 Å². The molecule has 1 aromatic carbocycles. The van der Waals surface area contributed by atoms with E-state index in [4.69, 9.17) is 4.74 Å². The number of thioether (sulfide) groups is 1. The van der Waals surface area contributed by atoms with Crippen LogP contribution >= 0.6 is 11.8 Å². The molecule has 0 saturated heterocycles. The second kappa shape index (κ2) is 9.09. The van der Waals surface area contributed by atoms with Crippen molar-refractivity contribution in [2.24, 2.45) is 5.92 Å². The highest BCUT2D eigenvalue weighted by Gasteiger charge is 2.24. The van der Waals surface area contributed by atoms with E-state index in [0.29, 0.717) is 17.4 Å². The van der Waals surface area contributed by atoms with Crippen molar-refractivity contribution in [2.45, 2.75) is 43.5 Å². The van der Waals surface area contributed by atoms with Gasteiger partial charge >= 0.3 is 12.0 Å². The van der Waals surface area contributed by atoms with Gasteiger partial charge in [0.25, 0.3) is 5.91 Å². The molecule has 8 nitrogen and oxygen atoms in total. The van der Waals surface area contributed by atoms with Crippen molar-refractivity contribution in [3.05, 3.63) is 23.8 Å². The number of ether oxygens (including phenoxy) is 1. The molecule has 1 aliphatic heterocycles. The fraction of sp³-hybridized carbons (Fsp3) is 0.474. The molecule has 0 bridgehead atoms. The molecule has 4 amide bonds. The number of rotatable bonds is 4. The van der Waals surface area contributed by atoms with E-state index >= 15 is 0 Å². The fourth-order valence-electron chi connectivity index (χ4n) is 3.32. The van der Waals surface area contributed by atoms with Crippen LogP contribution in [0.3, 0.4) is 0 Å². The van der Waals surface area contributed by atoms with Crippen molar-refractivity contribution in [1.82, 2.24) is 10.6 Å². The molecular formula is C19H23N3O5S. The molecule has 2 aliphatic rings. The third-order valence-electron chi connectivity index (χ3n) is 4.86. The number of hydrogen-bond acceptors (Lipinski definition) is 6. The van der Waals surface area contributed by atoms with Gasteiger partial charge in [-0.15, -0.1) is 11.8 Å². The number of carbonyl (C=O) groups is 4. The first kappa shape index (κ1) is 20.2. The number of nitrogens with one attached hydrogen (secondary N) is 3. The summed E-state index contributed by atoms with van der Waals surface area (Å²) in [6, 6.07) is 4.27. The number of carbonyl (C=O) groups excluding carboxylic acids is 4. The Morgan fingerprint density at radius 1 is 1.25 bits per heavy atom. The highest BCUT2D eigenvalue weighted by atomic mass is 32.2. The van der Waals surface area contributed by atoms with Gasteiger partial charge in [-0.1, -0.05) is 19.8 Å². The Bertz CT molecular complexity index is 798. The summed E-state index contributed by atoms with van der Waals surface area (Å²) in [6.45, 7) is 1.51. The van der Waals surface area contributed by atoms with Crippen molar-refractivity contribution in [1.29, 1.82) is 0 Å². The molecule has 1 heterocycles. The lowest BCUT2D eigenvalue weighted by Gasteiger charge is -2.29. The average Bonchev–Trinajstić information content (AvgIpc) is 2.67. The molecular weight excluding hydrogens is 382 g/mol. The molecule has 0 spiro atoms. The van der Waals surface area contributed by atoms with Crippen LogP contribution < -0.4 is 16.0 Å². The summed E-state index contributed by atoms with van der Waals surface area (Å²) in [6.07, 6.45) is 4.16. The quantitative estimate of drug-likeness (QED) is 0.663. The van der Waals surface area contributed by atoms with Gasteiger partial charge in [-0.2, -0.15) is 0 Å². The van der Waals surface area contributed by atoms with Crippen LogP contribution in [0.4, 0.5) is 10.5 Å². The average molecular weight is 405 g/mol.